The van der Waals surface area contributed by atoms with Crippen molar-refractivity contribution in [2.45, 2.75) is 39.5 Å². The monoisotopic (exact) mass is 260 g/mol. The SMILES string of the molecule is CC(C)CCCN1CCC/C(=N/O)c2ccccc21. The van der Waals surface area contributed by atoms with Gasteiger partial charge in [-0.2, -0.15) is 0 Å². The molecule has 104 valence electrons. The van der Waals surface area contributed by atoms with Crippen LogP contribution >= 0.6 is 0 Å². The molecule has 0 bridgehead atoms. The standard InChI is InChI=1S/C16H24N2O/c1-13(2)7-5-11-18-12-6-9-15(17-19)14-8-3-4-10-16(14)18/h3-4,8,10,13,19H,5-7,9,11-12H2,1-2H3/b17-15-. The van der Waals surface area contributed by atoms with Crippen molar-refractivity contribution >= 4 is 11.4 Å². The summed E-state index contributed by atoms with van der Waals surface area (Å²) >= 11 is 0. The van der Waals surface area contributed by atoms with Crippen LogP contribution in [-0.4, -0.2) is 24.0 Å². The highest BCUT2D eigenvalue weighted by Crippen LogP contribution is 2.27. The molecule has 0 aliphatic carbocycles. The number of rotatable bonds is 4. The van der Waals surface area contributed by atoms with E-state index < -0.39 is 0 Å². The van der Waals surface area contributed by atoms with Crippen molar-refractivity contribution in [1.82, 2.24) is 0 Å². The minimum Gasteiger partial charge on any atom is -0.411 e. The number of benzene rings is 1. The van der Waals surface area contributed by atoms with Crippen LogP contribution in [0.5, 0.6) is 0 Å². The van der Waals surface area contributed by atoms with Crippen molar-refractivity contribution in [2.75, 3.05) is 18.0 Å². The third kappa shape index (κ3) is 3.49. The van der Waals surface area contributed by atoms with E-state index in [1.54, 1.807) is 0 Å². The molecule has 0 spiro atoms. The molecule has 0 saturated heterocycles. The Kier molecular flexibility index (Phi) is 4.83. The highest BCUT2D eigenvalue weighted by molar-refractivity contribution is 6.05. The molecule has 0 radical (unpaired) electrons. The lowest BCUT2D eigenvalue weighted by Crippen LogP contribution is -2.25. The molecular weight excluding hydrogens is 236 g/mol. The van der Waals surface area contributed by atoms with Crippen molar-refractivity contribution in [1.29, 1.82) is 0 Å². The second-order valence-electron chi connectivity index (χ2n) is 5.69. The molecule has 1 heterocycles. The summed E-state index contributed by atoms with van der Waals surface area (Å²) in [6.07, 6.45) is 4.39. The summed E-state index contributed by atoms with van der Waals surface area (Å²) in [4.78, 5) is 2.44. The Morgan fingerprint density at radius 1 is 1.32 bits per heavy atom. The van der Waals surface area contributed by atoms with Gasteiger partial charge < -0.3 is 10.1 Å². The number of para-hydroxylation sites is 1. The van der Waals surface area contributed by atoms with Crippen molar-refractivity contribution < 1.29 is 5.21 Å². The fraction of sp³-hybridized carbons (Fsp3) is 0.562. The minimum atomic E-state index is 0.761. The minimum absolute atomic E-state index is 0.761. The van der Waals surface area contributed by atoms with Gasteiger partial charge >= 0.3 is 0 Å². The lowest BCUT2D eigenvalue weighted by Gasteiger charge is -2.25. The van der Waals surface area contributed by atoms with Crippen LogP contribution in [0.15, 0.2) is 29.4 Å². The quantitative estimate of drug-likeness (QED) is 0.658. The number of oxime groups is 1. The average molecular weight is 260 g/mol. The van der Waals surface area contributed by atoms with Crippen LogP contribution in [-0.2, 0) is 0 Å². The van der Waals surface area contributed by atoms with Crippen LogP contribution in [0.3, 0.4) is 0 Å². The first-order chi connectivity index (χ1) is 9.22. The van der Waals surface area contributed by atoms with E-state index in [1.807, 2.05) is 6.07 Å². The normalized spacial score (nSPS) is 17.6. The predicted molar refractivity (Wildman–Crippen MR) is 80.3 cm³/mol. The predicted octanol–water partition coefficient (Wildman–Crippen LogP) is 3.90. The molecule has 0 amide bonds. The molecule has 0 saturated carbocycles. The zero-order chi connectivity index (χ0) is 13.7. The highest BCUT2D eigenvalue weighted by atomic mass is 16.4. The summed E-state index contributed by atoms with van der Waals surface area (Å²) in [5.41, 5.74) is 3.13. The van der Waals surface area contributed by atoms with Crippen LogP contribution in [0.2, 0.25) is 0 Å². The topological polar surface area (TPSA) is 35.8 Å². The second kappa shape index (κ2) is 6.60. The Bertz CT molecular complexity index is 440. The fourth-order valence-corrected chi connectivity index (χ4v) is 2.71. The lowest BCUT2D eigenvalue weighted by molar-refractivity contribution is 0.318. The molecule has 0 fully saturated rings. The molecule has 1 aliphatic rings. The summed E-state index contributed by atoms with van der Waals surface area (Å²) in [5.74, 6) is 0.761. The summed E-state index contributed by atoms with van der Waals surface area (Å²) in [6.45, 7) is 6.68. The van der Waals surface area contributed by atoms with Crippen molar-refractivity contribution in [2.24, 2.45) is 11.1 Å². The van der Waals surface area contributed by atoms with Crippen LogP contribution in [0, 0.1) is 5.92 Å². The second-order valence-corrected chi connectivity index (χ2v) is 5.69. The summed E-state index contributed by atoms with van der Waals surface area (Å²) in [5, 5.41) is 12.6. The molecule has 3 heteroatoms. The fourth-order valence-electron chi connectivity index (χ4n) is 2.71. The van der Waals surface area contributed by atoms with Gasteiger partial charge in [0.15, 0.2) is 0 Å². The van der Waals surface area contributed by atoms with Gasteiger partial charge in [-0.3, -0.25) is 0 Å². The van der Waals surface area contributed by atoms with Gasteiger partial charge in [0.05, 0.1) is 5.71 Å². The highest BCUT2D eigenvalue weighted by Gasteiger charge is 2.19. The Hall–Kier alpha value is -1.51. The van der Waals surface area contributed by atoms with E-state index >= 15 is 0 Å². The van der Waals surface area contributed by atoms with E-state index in [4.69, 9.17) is 5.21 Å². The zero-order valence-corrected chi connectivity index (χ0v) is 12.0. The molecule has 1 aromatic carbocycles. The first-order valence-electron chi connectivity index (χ1n) is 7.27. The van der Waals surface area contributed by atoms with E-state index in [0.717, 1.165) is 43.1 Å². The van der Waals surface area contributed by atoms with Crippen LogP contribution in [0.1, 0.15) is 45.1 Å². The van der Waals surface area contributed by atoms with Gasteiger partial charge in [-0.25, -0.2) is 0 Å². The molecule has 1 aliphatic heterocycles. The third-order valence-corrected chi connectivity index (χ3v) is 3.73. The van der Waals surface area contributed by atoms with Gasteiger partial charge in [0.25, 0.3) is 0 Å². The average Bonchev–Trinajstić information content (AvgIpc) is 2.58. The maximum absolute atomic E-state index is 9.17. The smallest absolute Gasteiger partial charge is 0.0889 e. The molecule has 3 nitrogen and oxygen atoms in total. The maximum Gasteiger partial charge on any atom is 0.0889 e. The first-order valence-corrected chi connectivity index (χ1v) is 7.27. The molecule has 0 unspecified atom stereocenters. The number of nitrogens with zero attached hydrogens (tertiary/aromatic N) is 2. The van der Waals surface area contributed by atoms with E-state index in [-0.39, 0.29) is 0 Å². The van der Waals surface area contributed by atoms with Gasteiger partial charge in [-0.15, -0.1) is 0 Å². The van der Waals surface area contributed by atoms with E-state index in [9.17, 15) is 0 Å². The third-order valence-electron chi connectivity index (χ3n) is 3.73. The largest absolute Gasteiger partial charge is 0.411 e. The van der Waals surface area contributed by atoms with E-state index in [1.165, 1.54) is 18.5 Å². The molecule has 19 heavy (non-hydrogen) atoms. The summed E-state index contributed by atoms with van der Waals surface area (Å²) in [6, 6.07) is 8.28. The Balaban J connectivity index is 2.16. The molecule has 0 atom stereocenters. The molecular formula is C16H24N2O. The summed E-state index contributed by atoms with van der Waals surface area (Å²) < 4.78 is 0. The van der Waals surface area contributed by atoms with Gasteiger partial charge in [0.1, 0.15) is 0 Å². The molecule has 2 rings (SSSR count). The number of anilines is 1. The van der Waals surface area contributed by atoms with Gasteiger partial charge in [-0.1, -0.05) is 37.2 Å². The van der Waals surface area contributed by atoms with Gasteiger partial charge in [-0.05, 0) is 37.7 Å². The van der Waals surface area contributed by atoms with Crippen LogP contribution < -0.4 is 4.90 Å². The maximum atomic E-state index is 9.17. The van der Waals surface area contributed by atoms with Crippen molar-refractivity contribution in [3.05, 3.63) is 29.8 Å². The molecule has 1 aromatic rings. The molecule has 1 N–H and O–H groups in total. The Labute approximate surface area is 115 Å². The molecule has 0 aromatic heterocycles. The van der Waals surface area contributed by atoms with Crippen molar-refractivity contribution in [3.8, 4) is 0 Å². The number of hydrogen-bond donors (Lipinski definition) is 1. The first kappa shape index (κ1) is 13.9. The Morgan fingerprint density at radius 3 is 2.84 bits per heavy atom. The number of fused-ring (bicyclic) bond motifs is 1. The van der Waals surface area contributed by atoms with E-state index in [2.05, 4.69) is 42.1 Å². The number of hydrogen-bond acceptors (Lipinski definition) is 3. The van der Waals surface area contributed by atoms with Crippen LogP contribution in [0.25, 0.3) is 0 Å². The van der Waals surface area contributed by atoms with Crippen LogP contribution in [0.4, 0.5) is 5.69 Å². The Morgan fingerprint density at radius 2 is 2.11 bits per heavy atom. The van der Waals surface area contributed by atoms with Gasteiger partial charge in [0.2, 0.25) is 0 Å². The van der Waals surface area contributed by atoms with E-state index in [0.29, 0.717) is 0 Å². The summed E-state index contributed by atoms with van der Waals surface area (Å²) in [7, 11) is 0. The zero-order valence-electron chi connectivity index (χ0n) is 12.0. The lowest BCUT2D eigenvalue weighted by atomic mass is 10.1. The van der Waals surface area contributed by atoms with Crippen molar-refractivity contribution in [3.63, 3.8) is 0 Å². The van der Waals surface area contributed by atoms with Gasteiger partial charge in [0, 0.05) is 24.3 Å².